The molecule has 2 fully saturated rings. The Bertz CT molecular complexity index is 279. The predicted octanol–water partition coefficient (Wildman–Crippen LogP) is 2.98. The van der Waals surface area contributed by atoms with Gasteiger partial charge in [0.15, 0.2) is 0 Å². The molecule has 4 heteroatoms. The van der Waals surface area contributed by atoms with Gasteiger partial charge in [0.25, 0.3) is 0 Å². The fraction of sp³-hybridized carbons (Fsp3) is 0.933. The second-order valence-corrected chi connectivity index (χ2v) is 6.26. The van der Waals surface area contributed by atoms with Crippen molar-refractivity contribution in [1.82, 2.24) is 10.2 Å². The molecule has 1 N–H and O–H groups in total. The first kappa shape index (κ1) is 16.8. The molecule has 1 amide bonds. The molecule has 2 rings (SSSR count). The maximum Gasteiger partial charge on any atom is 0.222 e. The van der Waals surface area contributed by atoms with Gasteiger partial charge in [-0.1, -0.05) is 19.8 Å². The summed E-state index contributed by atoms with van der Waals surface area (Å²) in [6.45, 7) is 3.45. The summed E-state index contributed by atoms with van der Waals surface area (Å²) in [5.41, 5.74) is 0. The Labute approximate surface area is 123 Å². The lowest BCUT2D eigenvalue weighted by atomic mass is 9.86. The van der Waals surface area contributed by atoms with Gasteiger partial charge in [0, 0.05) is 25.6 Å². The van der Waals surface area contributed by atoms with Crippen LogP contribution in [0.5, 0.6) is 0 Å². The summed E-state index contributed by atoms with van der Waals surface area (Å²) in [5, 5.41) is 3.47. The van der Waals surface area contributed by atoms with Gasteiger partial charge < -0.3 is 10.2 Å². The van der Waals surface area contributed by atoms with Crippen LogP contribution in [0, 0.1) is 5.92 Å². The number of hydrogen-bond acceptors (Lipinski definition) is 2. The highest BCUT2D eigenvalue weighted by Crippen LogP contribution is 2.27. The van der Waals surface area contributed by atoms with Crippen molar-refractivity contribution in [2.45, 2.75) is 70.4 Å². The van der Waals surface area contributed by atoms with E-state index >= 15 is 0 Å². The maximum absolute atomic E-state index is 12.2. The number of carbonyl (C=O) groups excluding carboxylic acids is 1. The minimum atomic E-state index is 0. The van der Waals surface area contributed by atoms with Gasteiger partial charge in [-0.15, -0.1) is 12.4 Å². The van der Waals surface area contributed by atoms with E-state index in [0.717, 1.165) is 25.3 Å². The van der Waals surface area contributed by atoms with Crippen molar-refractivity contribution < 1.29 is 4.79 Å². The van der Waals surface area contributed by atoms with E-state index in [2.05, 4.69) is 12.2 Å². The van der Waals surface area contributed by atoms with Crippen LogP contribution in [0.15, 0.2) is 0 Å². The molecule has 19 heavy (non-hydrogen) atoms. The van der Waals surface area contributed by atoms with Crippen LogP contribution in [0.1, 0.15) is 58.3 Å². The molecule has 1 saturated heterocycles. The lowest BCUT2D eigenvalue weighted by Crippen LogP contribution is -2.40. The summed E-state index contributed by atoms with van der Waals surface area (Å²) in [7, 11) is 2.01. The zero-order valence-electron chi connectivity index (χ0n) is 12.4. The van der Waals surface area contributed by atoms with E-state index in [1.165, 1.54) is 38.5 Å². The summed E-state index contributed by atoms with van der Waals surface area (Å²) in [4.78, 5) is 14.2. The van der Waals surface area contributed by atoms with Gasteiger partial charge in [0.1, 0.15) is 0 Å². The van der Waals surface area contributed by atoms with E-state index in [1.54, 1.807) is 0 Å². The number of nitrogens with zero attached hydrogens (tertiary/aromatic N) is 1. The van der Waals surface area contributed by atoms with Crippen molar-refractivity contribution in [3.8, 4) is 0 Å². The molecule has 3 unspecified atom stereocenters. The Morgan fingerprint density at radius 3 is 2.68 bits per heavy atom. The Kier molecular flexibility index (Phi) is 7.16. The fourth-order valence-corrected chi connectivity index (χ4v) is 3.43. The van der Waals surface area contributed by atoms with E-state index < -0.39 is 0 Å². The summed E-state index contributed by atoms with van der Waals surface area (Å²) in [5.74, 6) is 1.14. The highest BCUT2D eigenvalue weighted by Gasteiger charge is 2.25. The molecule has 1 saturated carbocycles. The molecule has 1 aliphatic heterocycles. The molecule has 112 valence electrons. The first-order valence-corrected chi connectivity index (χ1v) is 7.66. The highest BCUT2D eigenvalue weighted by atomic mass is 35.5. The third-order valence-corrected chi connectivity index (χ3v) is 4.72. The van der Waals surface area contributed by atoms with Crippen molar-refractivity contribution in [3.05, 3.63) is 0 Å². The molecule has 1 heterocycles. The quantitative estimate of drug-likeness (QED) is 0.862. The number of nitrogens with one attached hydrogen (secondary N) is 1. The van der Waals surface area contributed by atoms with E-state index in [9.17, 15) is 4.79 Å². The summed E-state index contributed by atoms with van der Waals surface area (Å²) < 4.78 is 0. The Morgan fingerprint density at radius 2 is 2.05 bits per heavy atom. The number of carbonyl (C=O) groups is 1. The van der Waals surface area contributed by atoms with Crippen molar-refractivity contribution in [2.75, 3.05) is 13.6 Å². The zero-order chi connectivity index (χ0) is 13.0. The van der Waals surface area contributed by atoms with Crippen LogP contribution in [-0.2, 0) is 4.79 Å². The lowest BCUT2D eigenvalue weighted by molar-refractivity contribution is -0.133. The monoisotopic (exact) mass is 288 g/mol. The standard InChI is InChI=1S/C15H28N2O.ClH/c1-12-5-3-7-14(11-12)17(2)15(18)9-8-13-6-4-10-16-13;/h12-14,16H,3-11H2,1-2H3;1H. The third kappa shape index (κ3) is 4.96. The molecule has 0 radical (unpaired) electrons. The zero-order valence-corrected chi connectivity index (χ0v) is 13.2. The number of rotatable bonds is 4. The van der Waals surface area contributed by atoms with Gasteiger partial charge in [0.2, 0.25) is 5.91 Å². The van der Waals surface area contributed by atoms with Gasteiger partial charge in [-0.3, -0.25) is 4.79 Å². The van der Waals surface area contributed by atoms with Gasteiger partial charge in [-0.25, -0.2) is 0 Å². The van der Waals surface area contributed by atoms with E-state index in [1.807, 2.05) is 11.9 Å². The van der Waals surface area contributed by atoms with E-state index in [0.29, 0.717) is 18.0 Å². The number of halogens is 1. The second-order valence-electron chi connectivity index (χ2n) is 6.26. The molecule has 2 aliphatic rings. The Balaban J connectivity index is 0.00000180. The summed E-state index contributed by atoms with van der Waals surface area (Å²) in [6, 6.07) is 1.09. The van der Waals surface area contributed by atoms with Gasteiger partial charge in [-0.05, 0) is 44.6 Å². The molecule has 0 spiro atoms. The van der Waals surface area contributed by atoms with E-state index in [-0.39, 0.29) is 12.4 Å². The third-order valence-electron chi connectivity index (χ3n) is 4.72. The molecule has 0 aromatic heterocycles. The van der Waals surface area contributed by atoms with Crippen molar-refractivity contribution in [3.63, 3.8) is 0 Å². The van der Waals surface area contributed by atoms with Gasteiger partial charge >= 0.3 is 0 Å². The molecule has 3 nitrogen and oxygen atoms in total. The van der Waals surface area contributed by atoms with Crippen molar-refractivity contribution >= 4 is 18.3 Å². The van der Waals surface area contributed by atoms with Crippen LogP contribution in [0.25, 0.3) is 0 Å². The minimum absolute atomic E-state index is 0. The maximum atomic E-state index is 12.2. The average Bonchev–Trinajstić information content (AvgIpc) is 2.88. The second kappa shape index (κ2) is 8.11. The van der Waals surface area contributed by atoms with Crippen molar-refractivity contribution in [2.24, 2.45) is 5.92 Å². The predicted molar refractivity (Wildman–Crippen MR) is 81.7 cm³/mol. The first-order valence-electron chi connectivity index (χ1n) is 7.66. The lowest BCUT2D eigenvalue weighted by Gasteiger charge is -2.34. The molecular formula is C15H29ClN2O. The fourth-order valence-electron chi connectivity index (χ4n) is 3.43. The summed E-state index contributed by atoms with van der Waals surface area (Å²) in [6.07, 6.45) is 9.28. The van der Waals surface area contributed by atoms with Crippen LogP contribution in [-0.4, -0.2) is 36.5 Å². The van der Waals surface area contributed by atoms with Gasteiger partial charge in [0.05, 0.1) is 0 Å². The van der Waals surface area contributed by atoms with Crippen molar-refractivity contribution in [1.29, 1.82) is 0 Å². The Hall–Kier alpha value is -0.280. The van der Waals surface area contributed by atoms with Gasteiger partial charge in [-0.2, -0.15) is 0 Å². The number of hydrogen-bond donors (Lipinski definition) is 1. The van der Waals surface area contributed by atoms with Crippen LogP contribution in [0.4, 0.5) is 0 Å². The molecule has 1 aliphatic carbocycles. The molecule has 3 atom stereocenters. The van der Waals surface area contributed by atoms with Crippen LogP contribution in [0.3, 0.4) is 0 Å². The van der Waals surface area contributed by atoms with E-state index in [4.69, 9.17) is 0 Å². The average molecular weight is 289 g/mol. The Morgan fingerprint density at radius 1 is 1.26 bits per heavy atom. The minimum Gasteiger partial charge on any atom is -0.343 e. The smallest absolute Gasteiger partial charge is 0.222 e. The van der Waals surface area contributed by atoms with Crippen LogP contribution >= 0.6 is 12.4 Å². The molecule has 0 aromatic rings. The van der Waals surface area contributed by atoms with Crippen LogP contribution in [0.2, 0.25) is 0 Å². The number of amides is 1. The highest BCUT2D eigenvalue weighted by molar-refractivity contribution is 5.85. The van der Waals surface area contributed by atoms with Crippen LogP contribution < -0.4 is 5.32 Å². The first-order chi connectivity index (χ1) is 8.66. The summed E-state index contributed by atoms with van der Waals surface area (Å²) >= 11 is 0. The SMILES string of the molecule is CC1CCCC(N(C)C(=O)CCC2CCCN2)C1.Cl. The molecular weight excluding hydrogens is 260 g/mol. The largest absolute Gasteiger partial charge is 0.343 e. The normalized spacial score (nSPS) is 30.7. The molecule has 0 aromatic carbocycles. The molecule has 0 bridgehead atoms. The topological polar surface area (TPSA) is 32.3 Å².